The third-order valence-corrected chi connectivity index (χ3v) is 6.30. The second-order valence-electron chi connectivity index (χ2n) is 8.76. The molecule has 0 unspecified atom stereocenters. The molecule has 9 nitrogen and oxygen atoms in total. The summed E-state index contributed by atoms with van der Waals surface area (Å²) in [5, 5.41) is 0.333. The number of rotatable bonds is 5. The fraction of sp³-hybridized carbons (Fsp3) is 0.542. The molecule has 0 radical (unpaired) electrons. The Morgan fingerprint density at radius 1 is 0.727 bits per heavy atom. The molecule has 2 amide bonds. The van der Waals surface area contributed by atoms with E-state index in [0.29, 0.717) is 5.06 Å². The Labute approximate surface area is 191 Å². The zero-order chi connectivity index (χ0) is 23.5. The largest absolute Gasteiger partial charge is 0.459 e. The molecule has 0 bridgehead atoms. The number of carbonyl (C=O) groups is 5. The van der Waals surface area contributed by atoms with Crippen LogP contribution in [0.15, 0.2) is 12.1 Å². The van der Waals surface area contributed by atoms with E-state index in [1.54, 1.807) is 0 Å². The van der Waals surface area contributed by atoms with Gasteiger partial charge in [-0.2, -0.15) is 0 Å². The maximum absolute atomic E-state index is 13.1. The van der Waals surface area contributed by atoms with Crippen molar-refractivity contribution in [3.8, 4) is 0 Å². The number of hydrogen-bond donors (Lipinski definition) is 0. The molecular weight excluding hydrogens is 430 g/mol. The van der Waals surface area contributed by atoms with Crippen LogP contribution in [0.1, 0.15) is 113 Å². The van der Waals surface area contributed by atoms with Crippen molar-refractivity contribution in [2.45, 2.75) is 83.3 Å². The topological polar surface area (TPSA) is 116 Å². The Morgan fingerprint density at radius 3 is 1.48 bits per heavy atom. The Kier molecular flexibility index (Phi) is 6.76. The van der Waals surface area contributed by atoms with Crippen LogP contribution in [0.3, 0.4) is 0 Å². The Bertz CT molecular complexity index is 917. The number of carbonyl (C=O) groups excluding carboxylic acids is 5. The first-order valence-corrected chi connectivity index (χ1v) is 11.5. The van der Waals surface area contributed by atoms with Gasteiger partial charge >= 0.3 is 17.9 Å². The van der Waals surface area contributed by atoms with Crippen molar-refractivity contribution in [1.29, 1.82) is 0 Å². The monoisotopic (exact) mass is 457 g/mol. The lowest BCUT2D eigenvalue weighted by Crippen LogP contribution is -2.31. The molecule has 0 N–H and O–H groups in total. The molecule has 2 aliphatic carbocycles. The van der Waals surface area contributed by atoms with Gasteiger partial charge < -0.3 is 14.3 Å². The summed E-state index contributed by atoms with van der Waals surface area (Å²) in [4.78, 5) is 67.5. The smallest absolute Gasteiger partial charge is 0.339 e. The molecule has 1 aromatic carbocycles. The number of hydrogen-bond acceptors (Lipinski definition) is 8. The van der Waals surface area contributed by atoms with Gasteiger partial charge in [-0.05, 0) is 63.5 Å². The number of hydroxylamine groups is 2. The van der Waals surface area contributed by atoms with Crippen molar-refractivity contribution in [3.05, 3.63) is 34.4 Å². The molecule has 0 spiro atoms. The van der Waals surface area contributed by atoms with Crippen LogP contribution < -0.4 is 0 Å². The first-order chi connectivity index (χ1) is 15.8. The van der Waals surface area contributed by atoms with Crippen molar-refractivity contribution in [3.63, 3.8) is 0 Å². The molecule has 3 aliphatic rings. The van der Waals surface area contributed by atoms with Crippen LogP contribution >= 0.6 is 0 Å². The molecule has 33 heavy (non-hydrogen) atoms. The SMILES string of the molecule is CC(=O)ON1C(=O)c2cc(C(=O)OC3CCCCC3)c(C(=O)OC3CCCCC3)cc2C1=O. The number of fused-ring (bicyclic) bond motifs is 1. The maximum atomic E-state index is 13.1. The minimum Gasteiger partial charge on any atom is -0.459 e. The molecule has 0 saturated heterocycles. The number of ether oxygens (including phenoxy) is 2. The molecule has 9 heteroatoms. The van der Waals surface area contributed by atoms with E-state index in [4.69, 9.17) is 14.3 Å². The number of amides is 2. The molecule has 2 saturated carbocycles. The van der Waals surface area contributed by atoms with Gasteiger partial charge in [0, 0.05) is 6.92 Å². The van der Waals surface area contributed by atoms with Crippen molar-refractivity contribution in [1.82, 2.24) is 5.06 Å². The molecular formula is C24H27NO8. The van der Waals surface area contributed by atoms with E-state index in [1.807, 2.05) is 0 Å². The molecule has 0 aromatic heterocycles. The summed E-state index contributed by atoms with van der Waals surface area (Å²) in [6.45, 7) is 1.06. The van der Waals surface area contributed by atoms with E-state index in [0.717, 1.165) is 71.1 Å². The van der Waals surface area contributed by atoms with Gasteiger partial charge in [0.05, 0.1) is 22.3 Å². The van der Waals surface area contributed by atoms with Gasteiger partial charge in [-0.1, -0.05) is 17.9 Å². The summed E-state index contributed by atoms with van der Waals surface area (Å²) in [5.41, 5.74) is -0.533. The van der Waals surface area contributed by atoms with Crippen molar-refractivity contribution in [2.24, 2.45) is 0 Å². The van der Waals surface area contributed by atoms with E-state index in [-0.39, 0.29) is 34.5 Å². The van der Waals surface area contributed by atoms with Gasteiger partial charge in [0.15, 0.2) is 0 Å². The highest BCUT2D eigenvalue weighted by molar-refractivity contribution is 6.22. The van der Waals surface area contributed by atoms with Crippen LogP contribution in [0.25, 0.3) is 0 Å². The van der Waals surface area contributed by atoms with Crippen LogP contribution in [0.4, 0.5) is 0 Å². The Balaban J connectivity index is 1.67. The second kappa shape index (κ2) is 9.72. The van der Waals surface area contributed by atoms with E-state index >= 15 is 0 Å². The molecule has 1 aliphatic heterocycles. The van der Waals surface area contributed by atoms with Gasteiger partial charge in [0.25, 0.3) is 11.8 Å². The van der Waals surface area contributed by atoms with Crippen LogP contribution in [-0.4, -0.2) is 47.0 Å². The van der Waals surface area contributed by atoms with Gasteiger partial charge in [-0.25, -0.2) is 14.4 Å². The Hall–Kier alpha value is -3.23. The van der Waals surface area contributed by atoms with E-state index in [9.17, 15) is 24.0 Å². The molecule has 4 rings (SSSR count). The summed E-state index contributed by atoms with van der Waals surface area (Å²) < 4.78 is 11.3. The fourth-order valence-corrected chi connectivity index (χ4v) is 4.61. The van der Waals surface area contributed by atoms with E-state index in [2.05, 4.69) is 0 Å². The minimum absolute atomic E-state index is 0.133. The molecule has 1 heterocycles. The summed E-state index contributed by atoms with van der Waals surface area (Å²) in [7, 11) is 0. The fourth-order valence-electron chi connectivity index (χ4n) is 4.61. The van der Waals surface area contributed by atoms with Gasteiger partial charge in [0.2, 0.25) is 0 Å². The Morgan fingerprint density at radius 2 is 1.12 bits per heavy atom. The zero-order valence-electron chi connectivity index (χ0n) is 18.6. The van der Waals surface area contributed by atoms with Crippen LogP contribution in [0.2, 0.25) is 0 Å². The van der Waals surface area contributed by atoms with Crippen molar-refractivity contribution >= 4 is 29.7 Å². The normalized spacial score (nSPS) is 19.2. The first-order valence-electron chi connectivity index (χ1n) is 11.5. The number of nitrogens with zero attached hydrogens (tertiary/aromatic N) is 1. The summed E-state index contributed by atoms with van der Waals surface area (Å²) >= 11 is 0. The number of benzene rings is 1. The standard InChI is InChI=1S/C24H27NO8/c1-14(26)33-25-21(27)17-12-19(23(29)31-15-8-4-2-5-9-15)20(13-18(17)22(25)28)24(30)32-16-10-6-3-7-11-16/h12-13,15-16H,2-11H2,1H3. The highest BCUT2D eigenvalue weighted by Gasteiger charge is 2.41. The average molecular weight is 457 g/mol. The molecule has 0 atom stereocenters. The summed E-state index contributed by atoms with van der Waals surface area (Å²) in [6, 6.07) is 2.34. The third kappa shape index (κ3) is 4.91. The molecule has 1 aromatic rings. The zero-order valence-corrected chi connectivity index (χ0v) is 18.6. The van der Waals surface area contributed by atoms with Crippen LogP contribution in [0, 0.1) is 0 Å². The average Bonchev–Trinajstić information content (AvgIpc) is 3.03. The predicted octanol–water partition coefficient (Wildman–Crippen LogP) is 3.74. The number of imide groups is 1. The maximum Gasteiger partial charge on any atom is 0.339 e. The first kappa shape index (κ1) is 22.9. The van der Waals surface area contributed by atoms with Crippen molar-refractivity contribution < 1.29 is 38.3 Å². The highest BCUT2D eigenvalue weighted by Crippen LogP contribution is 2.30. The van der Waals surface area contributed by atoms with Gasteiger partial charge in [0.1, 0.15) is 12.2 Å². The van der Waals surface area contributed by atoms with Gasteiger partial charge in [-0.3, -0.25) is 9.59 Å². The quantitative estimate of drug-likeness (QED) is 0.485. The molecule has 2 fully saturated rings. The predicted molar refractivity (Wildman–Crippen MR) is 113 cm³/mol. The van der Waals surface area contributed by atoms with Gasteiger partial charge in [-0.15, -0.1) is 0 Å². The highest BCUT2D eigenvalue weighted by atomic mass is 16.7. The van der Waals surface area contributed by atoms with E-state index in [1.165, 1.54) is 12.1 Å². The lowest BCUT2D eigenvalue weighted by Gasteiger charge is -2.24. The van der Waals surface area contributed by atoms with Crippen molar-refractivity contribution in [2.75, 3.05) is 0 Å². The van der Waals surface area contributed by atoms with Crippen LogP contribution in [0.5, 0.6) is 0 Å². The van der Waals surface area contributed by atoms with E-state index < -0.39 is 29.7 Å². The minimum atomic E-state index is -0.885. The lowest BCUT2D eigenvalue weighted by molar-refractivity contribution is -0.165. The molecule has 176 valence electrons. The van der Waals surface area contributed by atoms with Crippen LogP contribution in [-0.2, 0) is 19.1 Å². The third-order valence-electron chi connectivity index (χ3n) is 6.30. The lowest BCUT2D eigenvalue weighted by atomic mass is 9.96. The summed E-state index contributed by atoms with van der Waals surface area (Å²) in [5.74, 6) is -4.11. The number of esters is 2. The second-order valence-corrected chi connectivity index (χ2v) is 8.76. The summed E-state index contributed by atoms with van der Waals surface area (Å²) in [6.07, 6.45) is 8.34.